The van der Waals surface area contributed by atoms with Crippen LogP contribution in [0, 0.1) is 5.82 Å². The van der Waals surface area contributed by atoms with Gasteiger partial charge < -0.3 is 10.1 Å². The maximum atomic E-state index is 13.2. The van der Waals surface area contributed by atoms with Crippen molar-refractivity contribution in [2.24, 2.45) is 0 Å². The molecule has 2 aromatic heterocycles. The largest absolute Gasteiger partial charge is 0.456 e. The Balaban J connectivity index is 1.34. The molecule has 5 rings (SSSR count). The molecule has 0 aliphatic heterocycles. The lowest BCUT2D eigenvalue weighted by Gasteiger charge is -2.22. The number of halogens is 1. The third-order valence-corrected chi connectivity index (χ3v) is 6.37. The lowest BCUT2D eigenvalue weighted by molar-refractivity contribution is 0.462. The predicted molar refractivity (Wildman–Crippen MR) is 120 cm³/mol. The van der Waals surface area contributed by atoms with Gasteiger partial charge in [-0.2, -0.15) is 0 Å². The van der Waals surface area contributed by atoms with Crippen LogP contribution in [-0.2, 0) is 0 Å². The average molecular weight is 420 g/mol. The number of ether oxygens (including phenoxy) is 1. The van der Waals surface area contributed by atoms with Crippen LogP contribution in [0.25, 0.3) is 21.3 Å². The van der Waals surface area contributed by atoms with E-state index in [0.29, 0.717) is 11.8 Å². The molecule has 2 heterocycles. The van der Waals surface area contributed by atoms with Gasteiger partial charge in [0.25, 0.3) is 0 Å². The van der Waals surface area contributed by atoms with Gasteiger partial charge in [-0.1, -0.05) is 42.7 Å². The summed E-state index contributed by atoms with van der Waals surface area (Å²) in [5.41, 5.74) is 2.75. The van der Waals surface area contributed by atoms with E-state index in [2.05, 4.69) is 10.3 Å². The molecule has 1 N–H and O–H groups in total. The third-order valence-electron chi connectivity index (χ3n) is 5.42. The summed E-state index contributed by atoms with van der Waals surface area (Å²) in [5, 5.41) is 4.58. The van der Waals surface area contributed by atoms with Crippen LogP contribution in [0.15, 0.2) is 60.9 Å². The third kappa shape index (κ3) is 4.28. The Kier molecular flexibility index (Phi) is 5.32. The van der Waals surface area contributed by atoms with Crippen molar-refractivity contribution in [3.05, 3.63) is 66.7 Å². The Hall–Kier alpha value is -2.99. The smallest absolute Gasteiger partial charge is 0.184 e. The van der Waals surface area contributed by atoms with Crippen molar-refractivity contribution in [3.8, 4) is 22.6 Å². The maximum absolute atomic E-state index is 13.2. The molecule has 152 valence electrons. The van der Waals surface area contributed by atoms with Gasteiger partial charge in [-0.15, -0.1) is 0 Å². The molecule has 1 aliphatic rings. The first-order chi connectivity index (χ1) is 14.7. The molecule has 1 fully saturated rings. The highest BCUT2D eigenvalue weighted by atomic mass is 32.1. The van der Waals surface area contributed by atoms with E-state index in [-0.39, 0.29) is 5.82 Å². The Morgan fingerprint density at radius 1 is 0.900 bits per heavy atom. The van der Waals surface area contributed by atoms with Crippen molar-refractivity contribution < 1.29 is 9.13 Å². The molecule has 0 saturated heterocycles. The zero-order chi connectivity index (χ0) is 20.3. The molecule has 0 amide bonds. The lowest BCUT2D eigenvalue weighted by atomic mass is 9.96. The van der Waals surface area contributed by atoms with Crippen LogP contribution >= 0.6 is 11.3 Å². The van der Waals surface area contributed by atoms with Gasteiger partial charge >= 0.3 is 0 Å². The molecule has 0 spiro atoms. The maximum Gasteiger partial charge on any atom is 0.184 e. The fraction of sp³-hybridized carbons (Fsp3) is 0.250. The molecular formula is C24H22FN3OS. The van der Waals surface area contributed by atoms with Crippen molar-refractivity contribution in [3.63, 3.8) is 0 Å². The molecule has 0 unspecified atom stereocenters. The van der Waals surface area contributed by atoms with Crippen LogP contribution in [0.2, 0.25) is 0 Å². The van der Waals surface area contributed by atoms with E-state index in [1.807, 2.05) is 24.3 Å². The minimum Gasteiger partial charge on any atom is -0.456 e. The van der Waals surface area contributed by atoms with E-state index >= 15 is 0 Å². The first-order valence-corrected chi connectivity index (χ1v) is 11.1. The normalized spacial score (nSPS) is 14.7. The minimum atomic E-state index is -0.255. The van der Waals surface area contributed by atoms with Crippen LogP contribution in [0.4, 0.5) is 9.52 Å². The molecule has 0 bridgehead atoms. The number of aromatic nitrogens is 2. The number of nitrogens with zero attached hydrogens (tertiary/aromatic N) is 2. The number of hydrogen-bond donors (Lipinski definition) is 1. The van der Waals surface area contributed by atoms with Crippen LogP contribution in [0.3, 0.4) is 0 Å². The molecule has 6 heteroatoms. The lowest BCUT2D eigenvalue weighted by Crippen LogP contribution is -2.21. The van der Waals surface area contributed by atoms with E-state index in [1.54, 1.807) is 35.9 Å². The summed E-state index contributed by atoms with van der Waals surface area (Å²) in [6.45, 7) is 0. The molecule has 30 heavy (non-hydrogen) atoms. The van der Waals surface area contributed by atoms with Crippen molar-refractivity contribution in [2.45, 2.75) is 38.1 Å². The van der Waals surface area contributed by atoms with Gasteiger partial charge in [0, 0.05) is 23.9 Å². The SMILES string of the molecule is Fc1ccc(-c2cncc(Oc3ccc4nc(NC5CCCCC5)sc4c3)c2)cc1. The van der Waals surface area contributed by atoms with Gasteiger partial charge in [-0.3, -0.25) is 4.98 Å². The summed E-state index contributed by atoms with van der Waals surface area (Å²) < 4.78 is 20.3. The molecule has 2 aromatic carbocycles. The average Bonchev–Trinajstić information content (AvgIpc) is 3.17. The van der Waals surface area contributed by atoms with E-state index in [0.717, 1.165) is 32.2 Å². The summed E-state index contributed by atoms with van der Waals surface area (Å²) >= 11 is 1.66. The van der Waals surface area contributed by atoms with Crippen LogP contribution < -0.4 is 10.1 Å². The van der Waals surface area contributed by atoms with Crippen molar-refractivity contribution in [1.82, 2.24) is 9.97 Å². The second-order valence-electron chi connectivity index (χ2n) is 7.65. The Labute approximate surface area is 178 Å². The number of anilines is 1. The van der Waals surface area contributed by atoms with E-state index in [1.165, 1.54) is 44.2 Å². The van der Waals surface area contributed by atoms with Crippen LogP contribution in [0.1, 0.15) is 32.1 Å². The molecule has 4 nitrogen and oxygen atoms in total. The van der Waals surface area contributed by atoms with Crippen molar-refractivity contribution in [1.29, 1.82) is 0 Å². The van der Waals surface area contributed by atoms with Crippen LogP contribution in [-0.4, -0.2) is 16.0 Å². The Morgan fingerprint density at radius 2 is 1.73 bits per heavy atom. The number of fused-ring (bicyclic) bond motifs is 1. The first-order valence-electron chi connectivity index (χ1n) is 10.3. The molecule has 0 radical (unpaired) electrons. The van der Waals surface area contributed by atoms with Crippen molar-refractivity contribution >= 4 is 26.7 Å². The fourth-order valence-corrected chi connectivity index (χ4v) is 4.83. The van der Waals surface area contributed by atoms with E-state index in [4.69, 9.17) is 9.72 Å². The number of rotatable bonds is 5. The highest BCUT2D eigenvalue weighted by Gasteiger charge is 2.15. The summed E-state index contributed by atoms with van der Waals surface area (Å²) in [5.74, 6) is 1.13. The summed E-state index contributed by atoms with van der Waals surface area (Å²) in [6.07, 6.45) is 9.81. The number of benzene rings is 2. The quantitative estimate of drug-likeness (QED) is 0.377. The number of nitrogens with one attached hydrogen (secondary N) is 1. The number of pyridine rings is 1. The van der Waals surface area contributed by atoms with E-state index < -0.39 is 0 Å². The molecule has 1 aliphatic carbocycles. The molecule has 1 saturated carbocycles. The Morgan fingerprint density at radius 3 is 2.57 bits per heavy atom. The fourth-order valence-electron chi connectivity index (χ4n) is 3.86. The summed E-state index contributed by atoms with van der Waals surface area (Å²) in [7, 11) is 0. The number of hydrogen-bond acceptors (Lipinski definition) is 5. The summed E-state index contributed by atoms with van der Waals surface area (Å²) in [6, 6.07) is 14.7. The first kappa shape index (κ1) is 19.0. The van der Waals surface area contributed by atoms with Gasteiger partial charge in [-0.05, 0) is 48.7 Å². The minimum absolute atomic E-state index is 0.255. The second kappa shape index (κ2) is 8.40. The van der Waals surface area contributed by atoms with Gasteiger partial charge in [0.05, 0.1) is 16.4 Å². The van der Waals surface area contributed by atoms with Crippen molar-refractivity contribution in [2.75, 3.05) is 5.32 Å². The highest BCUT2D eigenvalue weighted by molar-refractivity contribution is 7.22. The van der Waals surface area contributed by atoms with Gasteiger partial charge in [0.15, 0.2) is 5.13 Å². The van der Waals surface area contributed by atoms with Gasteiger partial charge in [-0.25, -0.2) is 9.37 Å². The topological polar surface area (TPSA) is 47.0 Å². The number of thiazole rings is 1. The zero-order valence-corrected chi connectivity index (χ0v) is 17.3. The van der Waals surface area contributed by atoms with E-state index in [9.17, 15) is 4.39 Å². The highest BCUT2D eigenvalue weighted by Crippen LogP contribution is 2.33. The van der Waals surface area contributed by atoms with Crippen LogP contribution in [0.5, 0.6) is 11.5 Å². The monoisotopic (exact) mass is 419 g/mol. The molecular weight excluding hydrogens is 397 g/mol. The van der Waals surface area contributed by atoms with Gasteiger partial charge in [0.2, 0.25) is 0 Å². The Bertz CT molecular complexity index is 1150. The standard InChI is InChI=1S/C24H22FN3OS/c25-18-8-6-16(7-9-18)17-12-21(15-26-14-17)29-20-10-11-22-23(13-20)30-24(28-22)27-19-4-2-1-3-5-19/h6-15,19H,1-5H2,(H,27,28). The van der Waals surface area contributed by atoms with Gasteiger partial charge in [0.1, 0.15) is 17.3 Å². The molecule has 0 atom stereocenters. The predicted octanol–water partition coefficient (Wildman–Crippen LogP) is 7.03. The summed E-state index contributed by atoms with van der Waals surface area (Å²) in [4.78, 5) is 9.00. The second-order valence-corrected chi connectivity index (χ2v) is 8.68. The zero-order valence-electron chi connectivity index (χ0n) is 16.5. The molecule has 4 aromatic rings.